The zero-order chi connectivity index (χ0) is 53.6. The van der Waals surface area contributed by atoms with E-state index in [1.54, 1.807) is 0 Å². The van der Waals surface area contributed by atoms with Crippen molar-refractivity contribution in [2.75, 3.05) is 13.2 Å². The van der Waals surface area contributed by atoms with Gasteiger partial charge in [0.25, 0.3) is 0 Å². The van der Waals surface area contributed by atoms with Crippen LogP contribution in [0.3, 0.4) is 0 Å². The maximum absolute atomic E-state index is 12.9. The molecule has 0 saturated carbocycles. The van der Waals surface area contributed by atoms with E-state index in [9.17, 15) is 14.4 Å². The summed E-state index contributed by atoms with van der Waals surface area (Å²) in [7, 11) is 0. The molecule has 0 aromatic heterocycles. The van der Waals surface area contributed by atoms with E-state index in [2.05, 4.69) is 130 Å². The first kappa shape index (κ1) is 70.1. The fourth-order valence-corrected chi connectivity index (χ4v) is 8.46. The van der Waals surface area contributed by atoms with Crippen LogP contribution in [0.15, 0.2) is 109 Å². The molecule has 422 valence electrons. The molecule has 0 aliphatic heterocycles. The number of allylic oxidation sites excluding steroid dienone is 18. The first-order chi connectivity index (χ1) is 36.5. The second-order valence-electron chi connectivity index (χ2n) is 20.2. The van der Waals surface area contributed by atoms with Gasteiger partial charge in [0.15, 0.2) is 6.10 Å². The molecule has 0 N–H and O–H groups in total. The molecule has 0 amide bonds. The fraction of sp³-hybridized carbons (Fsp3) is 0.691. The van der Waals surface area contributed by atoms with Gasteiger partial charge in [0, 0.05) is 19.3 Å². The summed E-state index contributed by atoms with van der Waals surface area (Å²) in [6.07, 6.45) is 83.9. The third-order valence-corrected chi connectivity index (χ3v) is 13.0. The number of unbranched alkanes of at least 4 members (excludes halogenated alkanes) is 26. The van der Waals surface area contributed by atoms with Crippen LogP contribution in [0.4, 0.5) is 0 Å². The van der Waals surface area contributed by atoms with Gasteiger partial charge in [-0.15, -0.1) is 0 Å². The van der Waals surface area contributed by atoms with Crippen molar-refractivity contribution in [2.24, 2.45) is 0 Å². The average Bonchev–Trinajstić information content (AvgIpc) is 3.40. The first-order valence-electron chi connectivity index (χ1n) is 30.9. The van der Waals surface area contributed by atoms with E-state index in [4.69, 9.17) is 14.2 Å². The highest BCUT2D eigenvalue weighted by Crippen LogP contribution is 2.16. The Morgan fingerprint density at radius 2 is 0.527 bits per heavy atom. The van der Waals surface area contributed by atoms with Crippen LogP contribution in [-0.4, -0.2) is 37.2 Å². The Hall–Kier alpha value is -3.93. The Balaban J connectivity index is 4.42. The van der Waals surface area contributed by atoms with E-state index in [-0.39, 0.29) is 37.5 Å². The molecule has 0 radical (unpaired) electrons. The van der Waals surface area contributed by atoms with Crippen LogP contribution in [0.1, 0.15) is 284 Å². The zero-order valence-corrected chi connectivity index (χ0v) is 48.3. The number of carbonyl (C=O) groups is 3. The normalized spacial score (nSPS) is 12.9. The summed E-state index contributed by atoms with van der Waals surface area (Å²) in [4.78, 5) is 38.2. The maximum atomic E-state index is 12.9. The van der Waals surface area contributed by atoms with Crippen LogP contribution in [0, 0.1) is 0 Å². The Morgan fingerprint density at radius 1 is 0.284 bits per heavy atom. The predicted octanol–water partition coefficient (Wildman–Crippen LogP) is 21.0. The molecular formula is C68H114O6. The fourth-order valence-electron chi connectivity index (χ4n) is 8.46. The van der Waals surface area contributed by atoms with E-state index >= 15 is 0 Å². The Bertz CT molecular complexity index is 1510. The van der Waals surface area contributed by atoms with Crippen LogP contribution in [0.5, 0.6) is 0 Å². The molecule has 1 atom stereocenters. The van der Waals surface area contributed by atoms with Crippen molar-refractivity contribution >= 4 is 17.9 Å². The van der Waals surface area contributed by atoms with Gasteiger partial charge in [-0.25, -0.2) is 0 Å². The Morgan fingerprint density at radius 3 is 0.851 bits per heavy atom. The lowest BCUT2D eigenvalue weighted by Gasteiger charge is -2.18. The summed E-state index contributed by atoms with van der Waals surface area (Å²) in [5.41, 5.74) is 0. The minimum absolute atomic E-state index is 0.105. The van der Waals surface area contributed by atoms with Gasteiger partial charge in [-0.2, -0.15) is 0 Å². The SMILES string of the molecule is CC/C=C\C/C=C\C/C=C\C/C=C\C/C=C\C/C=C\CCCCC(=O)OC(COC(=O)CCCCC/C=C\C/C=C\C/C=C\CC)COC(=O)CCCCCCCCCCCCCCCCCCCCCCCC. The van der Waals surface area contributed by atoms with Crippen molar-refractivity contribution in [1.82, 2.24) is 0 Å². The molecule has 0 aromatic carbocycles. The van der Waals surface area contributed by atoms with Crippen molar-refractivity contribution in [3.8, 4) is 0 Å². The highest BCUT2D eigenvalue weighted by Gasteiger charge is 2.19. The molecule has 0 heterocycles. The summed E-state index contributed by atoms with van der Waals surface area (Å²) in [6, 6.07) is 0. The molecule has 6 nitrogen and oxygen atoms in total. The highest BCUT2D eigenvalue weighted by atomic mass is 16.6. The first-order valence-corrected chi connectivity index (χ1v) is 30.9. The Labute approximate surface area is 457 Å². The predicted molar refractivity (Wildman–Crippen MR) is 320 cm³/mol. The van der Waals surface area contributed by atoms with E-state index in [1.807, 2.05) is 0 Å². The van der Waals surface area contributed by atoms with Gasteiger partial charge >= 0.3 is 17.9 Å². The number of ether oxygens (including phenoxy) is 3. The molecule has 0 bridgehead atoms. The smallest absolute Gasteiger partial charge is 0.306 e. The van der Waals surface area contributed by atoms with E-state index in [1.165, 1.54) is 122 Å². The van der Waals surface area contributed by atoms with Gasteiger partial charge in [-0.1, -0.05) is 271 Å². The average molecular weight is 1030 g/mol. The lowest BCUT2D eigenvalue weighted by molar-refractivity contribution is -0.167. The minimum atomic E-state index is -0.815. The molecule has 0 aliphatic carbocycles. The number of carbonyl (C=O) groups excluding carboxylic acids is 3. The van der Waals surface area contributed by atoms with Gasteiger partial charge in [0.05, 0.1) is 0 Å². The summed E-state index contributed by atoms with van der Waals surface area (Å²) in [6.45, 7) is 6.37. The van der Waals surface area contributed by atoms with Crippen LogP contribution < -0.4 is 0 Å². The second-order valence-corrected chi connectivity index (χ2v) is 20.2. The van der Waals surface area contributed by atoms with Gasteiger partial charge in [0.2, 0.25) is 0 Å². The van der Waals surface area contributed by atoms with E-state index in [0.717, 1.165) is 116 Å². The van der Waals surface area contributed by atoms with Gasteiger partial charge in [-0.05, 0) is 103 Å². The summed E-state index contributed by atoms with van der Waals surface area (Å²) in [5.74, 6) is -0.973. The number of rotatable bonds is 55. The molecule has 74 heavy (non-hydrogen) atoms. The van der Waals surface area contributed by atoms with E-state index < -0.39 is 6.10 Å². The summed E-state index contributed by atoms with van der Waals surface area (Å²) >= 11 is 0. The number of esters is 3. The van der Waals surface area contributed by atoms with Crippen LogP contribution >= 0.6 is 0 Å². The Kier molecular flexibility index (Phi) is 58.3. The molecule has 0 rings (SSSR count). The monoisotopic (exact) mass is 1030 g/mol. The van der Waals surface area contributed by atoms with Crippen molar-refractivity contribution in [3.05, 3.63) is 109 Å². The molecule has 6 heteroatoms. The van der Waals surface area contributed by atoms with Crippen LogP contribution in [-0.2, 0) is 28.6 Å². The molecule has 0 saturated heterocycles. The van der Waals surface area contributed by atoms with Gasteiger partial charge in [0.1, 0.15) is 13.2 Å². The molecule has 0 spiro atoms. The number of hydrogen-bond donors (Lipinski definition) is 0. The minimum Gasteiger partial charge on any atom is -0.462 e. The second kappa shape index (κ2) is 61.6. The van der Waals surface area contributed by atoms with Crippen LogP contribution in [0.2, 0.25) is 0 Å². The lowest BCUT2D eigenvalue weighted by atomic mass is 10.0. The van der Waals surface area contributed by atoms with Crippen molar-refractivity contribution in [1.29, 1.82) is 0 Å². The molecule has 0 aliphatic rings. The third kappa shape index (κ3) is 59.0. The standard InChI is InChI=1S/C68H114O6/c1-4-7-10-13-16-19-22-25-27-29-31-33-35-36-38-40-43-46-49-52-55-58-61-67(70)73-64-65(63-72-66(69)60-57-54-51-48-45-42-24-21-18-15-12-9-6-3)74-68(71)62-59-56-53-50-47-44-41-39-37-34-32-30-28-26-23-20-17-14-11-8-5-2/h8-9,11-12,17-18,20-21,26,28,32,34,39,41-42,45,47,50,65H,4-7,10,13-16,19,22-25,27,29-31,33,35-38,40,43-44,46,48-49,51-64H2,1-3H3/b11-8-,12-9-,20-17-,21-18-,28-26-,34-32-,41-39-,45-42-,50-47-. The summed E-state index contributed by atoms with van der Waals surface area (Å²) < 4.78 is 16.8. The maximum Gasteiger partial charge on any atom is 0.306 e. The molecule has 1 unspecified atom stereocenters. The number of hydrogen-bond acceptors (Lipinski definition) is 6. The van der Waals surface area contributed by atoms with E-state index in [0.29, 0.717) is 19.3 Å². The van der Waals surface area contributed by atoms with Gasteiger partial charge < -0.3 is 14.2 Å². The largest absolute Gasteiger partial charge is 0.462 e. The quantitative estimate of drug-likeness (QED) is 0.0261. The van der Waals surface area contributed by atoms with Crippen molar-refractivity contribution in [3.63, 3.8) is 0 Å². The molecular weight excluding hydrogens is 913 g/mol. The zero-order valence-electron chi connectivity index (χ0n) is 48.3. The third-order valence-electron chi connectivity index (χ3n) is 13.0. The van der Waals surface area contributed by atoms with Crippen molar-refractivity contribution in [2.45, 2.75) is 290 Å². The summed E-state index contributed by atoms with van der Waals surface area (Å²) in [5, 5.41) is 0. The lowest BCUT2D eigenvalue weighted by Crippen LogP contribution is -2.30. The molecule has 0 fully saturated rings. The van der Waals surface area contributed by atoms with Crippen LogP contribution in [0.25, 0.3) is 0 Å². The molecule has 0 aromatic rings. The van der Waals surface area contributed by atoms with Gasteiger partial charge in [-0.3, -0.25) is 14.4 Å². The topological polar surface area (TPSA) is 78.9 Å². The highest BCUT2D eigenvalue weighted by molar-refractivity contribution is 5.71. The van der Waals surface area contributed by atoms with Crippen molar-refractivity contribution < 1.29 is 28.6 Å².